The number of hydrogen-bond donors (Lipinski definition) is 2. The van der Waals surface area contributed by atoms with E-state index < -0.39 is 12.1 Å². The zero-order valence-corrected chi connectivity index (χ0v) is 15.9. The van der Waals surface area contributed by atoms with Crippen molar-refractivity contribution in [3.63, 3.8) is 0 Å². The van der Waals surface area contributed by atoms with Gasteiger partial charge in [-0.25, -0.2) is 4.79 Å². The second-order valence-electron chi connectivity index (χ2n) is 9.28. The third kappa shape index (κ3) is 3.01. The average molecular weight is 361 g/mol. The average Bonchev–Trinajstić information content (AvgIpc) is 2.81. The van der Waals surface area contributed by atoms with Gasteiger partial charge in [-0.15, -0.1) is 0 Å². The molecule has 0 aromatic carbocycles. The monoisotopic (exact) mass is 361 g/mol. The van der Waals surface area contributed by atoms with Gasteiger partial charge in [0.15, 0.2) is 0 Å². The number of imide groups is 1. The quantitative estimate of drug-likeness (QED) is 0.713. The lowest BCUT2D eigenvalue weighted by atomic mass is 9.48. The summed E-state index contributed by atoms with van der Waals surface area (Å²) in [6.07, 6.45) is 9.24. The largest absolute Gasteiger partial charge is 0.352 e. The molecule has 6 nitrogen and oxygen atoms in total. The van der Waals surface area contributed by atoms with Crippen LogP contribution in [0.3, 0.4) is 0 Å². The zero-order valence-electron chi connectivity index (χ0n) is 15.9. The molecule has 6 heteroatoms. The molecule has 144 valence electrons. The van der Waals surface area contributed by atoms with Crippen LogP contribution in [0, 0.1) is 23.2 Å². The van der Waals surface area contributed by atoms with Gasteiger partial charge in [0.2, 0.25) is 5.91 Å². The van der Waals surface area contributed by atoms with Gasteiger partial charge in [0.1, 0.15) is 12.6 Å². The highest BCUT2D eigenvalue weighted by atomic mass is 16.2. The molecule has 5 fully saturated rings. The topological polar surface area (TPSA) is 78.5 Å². The molecule has 0 aromatic rings. The van der Waals surface area contributed by atoms with E-state index in [1.807, 2.05) is 6.92 Å². The van der Waals surface area contributed by atoms with Gasteiger partial charge < -0.3 is 10.6 Å². The number of nitrogens with one attached hydrogen (secondary N) is 2. The predicted molar refractivity (Wildman–Crippen MR) is 97.2 cm³/mol. The van der Waals surface area contributed by atoms with Crippen LogP contribution in [0.2, 0.25) is 0 Å². The van der Waals surface area contributed by atoms with Crippen molar-refractivity contribution in [3.05, 3.63) is 0 Å². The van der Waals surface area contributed by atoms with E-state index in [-0.39, 0.29) is 29.8 Å². The molecule has 0 aromatic heterocycles. The Kier molecular flexibility index (Phi) is 4.48. The van der Waals surface area contributed by atoms with Gasteiger partial charge in [-0.2, -0.15) is 0 Å². The summed E-state index contributed by atoms with van der Waals surface area (Å²) in [7, 11) is 0. The molecule has 2 atom stereocenters. The summed E-state index contributed by atoms with van der Waals surface area (Å²) in [5.74, 6) is 2.02. The fraction of sp³-hybridized carbons (Fsp3) is 0.850. The first-order chi connectivity index (χ1) is 12.4. The van der Waals surface area contributed by atoms with Gasteiger partial charge >= 0.3 is 6.03 Å². The highest BCUT2D eigenvalue weighted by Crippen LogP contribution is 2.61. The SMILES string of the molecule is CCC[C@@H]1NC(=O)N(CC(=O)N[C@H](C)C23CC4CC(CC(C4)C2)C3)C1=O. The van der Waals surface area contributed by atoms with Crippen LogP contribution in [0.1, 0.15) is 65.2 Å². The number of carbonyl (C=O) groups is 3. The van der Waals surface area contributed by atoms with Crippen molar-refractivity contribution >= 4 is 17.8 Å². The highest BCUT2D eigenvalue weighted by molar-refractivity contribution is 6.06. The Morgan fingerprint density at radius 2 is 1.77 bits per heavy atom. The van der Waals surface area contributed by atoms with E-state index in [2.05, 4.69) is 17.6 Å². The predicted octanol–water partition coefficient (Wildman–Crippen LogP) is 2.43. The van der Waals surface area contributed by atoms with Crippen LogP contribution >= 0.6 is 0 Å². The van der Waals surface area contributed by atoms with Crippen molar-refractivity contribution in [2.45, 2.75) is 77.3 Å². The Balaban J connectivity index is 1.36. The zero-order chi connectivity index (χ0) is 18.5. The summed E-state index contributed by atoms with van der Waals surface area (Å²) in [5, 5.41) is 5.82. The van der Waals surface area contributed by atoms with Crippen LogP contribution < -0.4 is 10.6 Å². The fourth-order valence-corrected chi connectivity index (χ4v) is 6.50. The third-order valence-electron chi connectivity index (χ3n) is 7.37. The molecule has 0 radical (unpaired) electrons. The van der Waals surface area contributed by atoms with Crippen molar-refractivity contribution in [1.29, 1.82) is 0 Å². The van der Waals surface area contributed by atoms with E-state index in [1.165, 1.54) is 38.5 Å². The first-order valence-corrected chi connectivity index (χ1v) is 10.3. The minimum atomic E-state index is -0.471. The number of nitrogens with zero attached hydrogens (tertiary/aromatic N) is 1. The van der Waals surface area contributed by atoms with Gasteiger partial charge in [-0.3, -0.25) is 14.5 Å². The van der Waals surface area contributed by atoms with Crippen LogP contribution in [-0.4, -0.2) is 41.4 Å². The molecule has 4 saturated carbocycles. The van der Waals surface area contributed by atoms with E-state index in [0.29, 0.717) is 6.42 Å². The van der Waals surface area contributed by atoms with Crippen molar-refractivity contribution in [2.24, 2.45) is 23.2 Å². The number of carbonyl (C=O) groups excluding carboxylic acids is 3. The van der Waals surface area contributed by atoms with Crippen LogP contribution in [0.15, 0.2) is 0 Å². The van der Waals surface area contributed by atoms with Crippen LogP contribution in [0.4, 0.5) is 4.79 Å². The molecule has 0 unspecified atom stereocenters. The van der Waals surface area contributed by atoms with E-state index in [0.717, 1.165) is 29.1 Å². The van der Waals surface area contributed by atoms with Gasteiger partial charge in [0.05, 0.1) is 0 Å². The standard InChI is InChI=1S/C20H31N3O3/c1-3-4-16-18(25)23(19(26)22-16)11-17(24)21-12(2)20-8-13-5-14(9-20)7-15(6-13)10-20/h12-16H,3-11H2,1-2H3,(H,21,24)(H,22,26)/t12-,13?,14?,15?,16+,20?/m1/s1. The second kappa shape index (κ2) is 6.54. The number of hydrogen-bond acceptors (Lipinski definition) is 3. The first-order valence-electron chi connectivity index (χ1n) is 10.3. The summed E-state index contributed by atoms with van der Waals surface area (Å²) in [4.78, 5) is 38.0. The van der Waals surface area contributed by atoms with Crippen molar-refractivity contribution < 1.29 is 14.4 Å². The summed E-state index contributed by atoms with van der Waals surface area (Å²) >= 11 is 0. The number of urea groups is 1. The maximum absolute atomic E-state index is 12.6. The van der Waals surface area contributed by atoms with Crippen molar-refractivity contribution in [2.75, 3.05) is 6.54 Å². The Labute approximate surface area is 155 Å². The molecule has 4 amide bonds. The summed E-state index contributed by atoms with van der Waals surface area (Å²) in [6, 6.07) is -0.803. The van der Waals surface area contributed by atoms with Crippen molar-refractivity contribution in [1.82, 2.24) is 15.5 Å². The molecule has 5 aliphatic rings. The van der Waals surface area contributed by atoms with Gasteiger partial charge in [-0.05, 0) is 75.0 Å². The lowest BCUT2D eigenvalue weighted by Crippen LogP contribution is -2.57. The number of amides is 4. The molecule has 1 heterocycles. The Morgan fingerprint density at radius 3 is 2.31 bits per heavy atom. The van der Waals surface area contributed by atoms with Crippen LogP contribution in [-0.2, 0) is 9.59 Å². The van der Waals surface area contributed by atoms with Crippen molar-refractivity contribution in [3.8, 4) is 0 Å². The minimum Gasteiger partial charge on any atom is -0.352 e. The highest BCUT2D eigenvalue weighted by Gasteiger charge is 2.53. The van der Waals surface area contributed by atoms with Crippen LogP contribution in [0.5, 0.6) is 0 Å². The van der Waals surface area contributed by atoms with E-state index >= 15 is 0 Å². The second-order valence-corrected chi connectivity index (χ2v) is 9.28. The summed E-state index contributed by atoms with van der Waals surface area (Å²) in [5.41, 5.74) is 0.229. The smallest absolute Gasteiger partial charge is 0.325 e. The molecule has 0 spiro atoms. The lowest BCUT2D eigenvalue weighted by Gasteiger charge is -2.59. The fourth-order valence-electron chi connectivity index (χ4n) is 6.50. The van der Waals surface area contributed by atoms with E-state index in [9.17, 15) is 14.4 Å². The minimum absolute atomic E-state index is 0.107. The lowest BCUT2D eigenvalue weighted by molar-refractivity contribution is -0.134. The molecule has 5 rings (SSSR count). The van der Waals surface area contributed by atoms with Gasteiger partial charge in [-0.1, -0.05) is 13.3 Å². The molecular formula is C20H31N3O3. The summed E-state index contributed by atoms with van der Waals surface area (Å²) < 4.78 is 0. The van der Waals surface area contributed by atoms with Crippen LogP contribution in [0.25, 0.3) is 0 Å². The van der Waals surface area contributed by atoms with Gasteiger partial charge in [0.25, 0.3) is 5.91 Å². The normalized spacial score (nSPS) is 39.2. The Hall–Kier alpha value is -1.59. The van der Waals surface area contributed by atoms with E-state index in [4.69, 9.17) is 0 Å². The molecule has 1 aliphatic heterocycles. The third-order valence-corrected chi connectivity index (χ3v) is 7.37. The van der Waals surface area contributed by atoms with Gasteiger partial charge in [0, 0.05) is 6.04 Å². The maximum Gasteiger partial charge on any atom is 0.325 e. The molecule has 1 saturated heterocycles. The number of rotatable bonds is 6. The molecule has 26 heavy (non-hydrogen) atoms. The first kappa shape index (κ1) is 17.8. The Bertz CT molecular complexity index is 582. The maximum atomic E-state index is 12.6. The van der Waals surface area contributed by atoms with E-state index in [1.54, 1.807) is 0 Å². The molecule has 4 aliphatic carbocycles. The summed E-state index contributed by atoms with van der Waals surface area (Å²) in [6.45, 7) is 3.93. The Morgan fingerprint density at radius 1 is 1.19 bits per heavy atom. The molecule has 2 N–H and O–H groups in total. The molecule has 4 bridgehead atoms. The molecular weight excluding hydrogens is 330 g/mol.